The molecule has 8 nitrogen and oxygen atoms in total. The highest BCUT2D eigenvalue weighted by molar-refractivity contribution is 5.71. The number of ether oxygens (including phenoxy) is 4. The first kappa shape index (κ1) is 48.4. The van der Waals surface area contributed by atoms with E-state index in [1.165, 1.54) is 12.8 Å². The number of rotatable bonds is 8. The predicted octanol–water partition coefficient (Wildman–Crippen LogP) is 12.9. The Morgan fingerprint density at radius 2 is 0.894 bits per heavy atom. The highest BCUT2D eigenvalue weighted by atomic mass is 16.6. The number of carbonyl (C=O) groups excluding carboxylic acids is 4. The summed E-state index contributed by atoms with van der Waals surface area (Å²) in [7, 11) is 0. The molecule has 0 aromatic rings. The molecule has 0 aromatic heterocycles. The second-order valence-corrected chi connectivity index (χ2v) is 25.4. The first-order chi connectivity index (χ1) is 31.5. The smallest absolute Gasteiger partial charge is 0.306 e. The van der Waals surface area contributed by atoms with Crippen LogP contribution >= 0.6 is 0 Å². The van der Waals surface area contributed by atoms with Crippen LogP contribution in [0.2, 0.25) is 0 Å². The van der Waals surface area contributed by atoms with Crippen LogP contribution in [0.1, 0.15) is 196 Å². The van der Waals surface area contributed by atoms with Gasteiger partial charge in [-0.25, -0.2) is 0 Å². The maximum Gasteiger partial charge on any atom is 0.306 e. The minimum absolute atomic E-state index is 0.0494. The molecule has 0 spiro atoms. The summed E-state index contributed by atoms with van der Waals surface area (Å²) in [5.74, 6) is 4.67. The highest BCUT2D eigenvalue weighted by Crippen LogP contribution is 2.71. The minimum atomic E-state index is -0.125. The Bertz CT molecular complexity index is 1710. The van der Waals surface area contributed by atoms with Crippen LogP contribution in [0.3, 0.4) is 0 Å². The lowest BCUT2D eigenvalue weighted by Crippen LogP contribution is -2.59. The van der Waals surface area contributed by atoms with Crippen molar-refractivity contribution in [3.8, 4) is 0 Å². The van der Waals surface area contributed by atoms with Gasteiger partial charge in [-0.3, -0.25) is 19.2 Å². The lowest BCUT2D eigenvalue weighted by molar-refractivity contribution is -0.199. The number of allylic oxidation sites excluding steroid dienone is 2. The molecule has 8 heterocycles. The van der Waals surface area contributed by atoms with E-state index in [-0.39, 0.29) is 70.0 Å². The van der Waals surface area contributed by atoms with Crippen LogP contribution in [0.15, 0.2) is 25.3 Å². The number of esters is 4. The van der Waals surface area contributed by atoms with Gasteiger partial charge in [0.05, 0.1) is 0 Å². The van der Waals surface area contributed by atoms with Crippen molar-refractivity contribution < 1.29 is 38.1 Å². The van der Waals surface area contributed by atoms with E-state index < -0.39 is 0 Å². The Morgan fingerprint density at radius 3 is 1.29 bits per heavy atom. The van der Waals surface area contributed by atoms with Crippen LogP contribution in [0.5, 0.6) is 0 Å². The molecule has 0 radical (unpaired) electrons. The Morgan fingerprint density at radius 1 is 0.530 bits per heavy atom. The molecule has 0 N–H and O–H groups in total. The molecule has 0 unspecified atom stereocenters. The molecule has 66 heavy (non-hydrogen) atoms. The van der Waals surface area contributed by atoms with Gasteiger partial charge in [0.15, 0.2) is 0 Å². The average Bonchev–Trinajstić information content (AvgIpc) is 3.83. The van der Waals surface area contributed by atoms with E-state index in [9.17, 15) is 19.2 Å². The topological polar surface area (TPSA) is 105 Å². The summed E-state index contributed by atoms with van der Waals surface area (Å²) in [5, 5.41) is 0. The van der Waals surface area contributed by atoms with Crippen molar-refractivity contribution in [3.63, 3.8) is 0 Å². The Kier molecular flexibility index (Phi) is 13.9. The Hall–Kier alpha value is -2.64. The normalized spacial score (nSPS) is 48.9. The SMILES string of the molecule is C=CCCC(=O)O[C@@H]1C[C@@H]2C[C@H]3CC[C@]2(C)[C@H]2CC[C@]4(C)[C@H](CC[C@H]4[C@H]12)[C@H](C)CCC(=O)O[C@@H]1CC[C@@]2(C)[C@@H](C1)C[C@@H](OC(=O)CCC=C)[C@@H]1[C@@H]2CC[C@]2(C)[C@H](CC[C@@H]12)[C@H](C)CCC(=O)O3. The zero-order chi connectivity index (χ0) is 46.8. The monoisotopic (exact) mass is 913 g/mol. The summed E-state index contributed by atoms with van der Waals surface area (Å²) >= 11 is 0. The van der Waals surface area contributed by atoms with Gasteiger partial charge in [-0.1, -0.05) is 53.7 Å². The highest BCUT2D eigenvalue weighted by Gasteiger charge is 2.66. The fourth-order valence-corrected chi connectivity index (χ4v) is 19.2. The lowest BCUT2D eigenvalue weighted by Gasteiger charge is -2.63. The van der Waals surface area contributed by atoms with Crippen molar-refractivity contribution in [2.45, 2.75) is 220 Å². The third kappa shape index (κ3) is 8.59. The number of hydrogen-bond acceptors (Lipinski definition) is 8. The van der Waals surface area contributed by atoms with Crippen LogP contribution in [-0.2, 0) is 38.1 Å². The molecule has 16 fully saturated rings. The molecule has 0 amide bonds. The van der Waals surface area contributed by atoms with Gasteiger partial charge in [-0.2, -0.15) is 0 Å². The van der Waals surface area contributed by atoms with Crippen molar-refractivity contribution in [1.82, 2.24) is 0 Å². The molecular formula is C58H88O8. The third-order valence-corrected chi connectivity index (χ3v) is 22.6. The Labute approximate surface area is 398 Å². The zero-order valence-electron chi connectivity index (χ0n) is 42.0. The van der Waals surface area contributed by atoms with Gasteiger partial charge in [0.25, 0.3) is 0 Å². The van der Waals surface area contributed by atoms with Crippen LogP contribution in [0, 0.1) is 92.7 Å². The lowest BCUT2D eigenvalue weighted by atomic mass is 9.43. The van der Waals surface area contributed by atoms with Gasteiger partial charge < -0.3 is 18.9 Å². The summed E-state index contributed by atoms with van der Waals surface area (Å²) < 4.78 is 26.2. The summed E-state index contributed by atoms with van der Waals surface area (Å²) in [4.78, 5) is 54.8. The molecule has 8 heteroatoms. The largest absolute Gasteiger partial charge is 0.462 e. The van der Waals surface area contributed by atoms with Crippen molar-refractivity contribution in [3.05, 3.63) is 25.3 Å². The van der Waals surface area contributed by atoms with Gasteiger partial charge in [0.1, 0.15) is 24.4 Å². The van der Waals surface area contributed by atoms with E-state index in [2.05, 4.69) is 54.7 Å². The van der Waals surface area contributed by atoms with E-state index in [0.717, 1.165) is 103 Å². The molecule has 8 saturated heterocycles. The predicted molar refractivity (Wildman–Crippen MR) is 256 cm³/mol. The summed E-state index contributed by atoms with van der Waals surface area (Å²) in [6, 6.07) is 0. The molecule has 368 valence electrons. The van der Waals surface area contributed by atoms with Crippen molar-refractivity contribution in [1.29, 1.82) is 0 Å². The van der Waals surface area contributed by atoms with E-state index in [4.69, 9.17) is 18.9 Å². The van der Waals surface area contributed by atoms with Crippen LogP contribution in [-0.4, -0.2) is 48.3 Å². The van der Waals surface area contributed by atoms with Gasteiger partial charge in [0.2, 0.25) is 0 Å². The van der Waals surface area contributed by atoms with E-state index in [0.29, 0.717) is 110 Å². The molecule has 0 aromatic carbocycles. The molecule has 8 aliphatic carbocycles. The van der Waals surface area contributed by atoms with E-state index in [1.807, 2.05) is 12.2 Å². The molecule has 20 atom stereocenters. The quantitative estimate of drug-likeness (QED) is 0.135. The van der Waals surface area contributed by atoms with Gasteiger partial charge in [0, 0.05) is 37.5 Å². The molecule has 8 saturated carbocycles. The van der Waals surface area contributed by atoms with Crippen LogP contribution in [0.4, 0.5) is 0 Å². The average molecular weight is 913 g/mol. The van der Waals surface area contributed by atoms with E-state index >= 15 is 0 Å². The summed E-state index contributed by atoms with van der Waals surface area (Å²) in [5.41, 5.74) is 0.492. The second kappa shape index (κ2) is 18.9. The number of hydrogen-bond donors (Lipinski definition) is 0. The van der Waals surface area contributed by atoms with Crippen molar-refractivity contribution >= 4 is 23.9 Å². The van der Waals surface area contributed by atoms with Crippen LogP contribution < -0.4 is 0 Å². The fraction of sp³-hybridized carbons (Fsp3) is 0.862. The standard InChI is InChI=1S/C58H88O8/c1-9-11-13-49(59)65-47-33-37-31-39-23-27-55(37,5)45-25-29-57(7)41(17-19-43(57)53(45)47)35(3)15-21-52(62)64-40-24-28-56(6)38(32-40)34-48(66-50(60)14-12-10-2)54-44-20-18-42(36(4)16-22-51(61)63-39)58(44,8)30-26-46(54)56/h9-10,35-48,53-54H,1-2,11-34H2,3-8H3/t35-,36-,37+,38+,39-,40-,41-,42-,43+,44+,45+,46+,47-,48-,53+,54+,55+,56+,57-,58-/m1/s1. The molecular weight excluding hydrogens is 825 g/mol. The molecule has 16 bridgehead atoms. The first-order valence-corrected chi connectivity index (χ1v) is 27.5. The summed E-state index contributed by atoms with van der Waals surface area (Å²) in [6.07, 6.45) is 24.2. The van der Waals surface area contributed by atoms with Gasteiger partial charge in [-0.15, -0.1) is 13.2 Å². The molecule has 8 aliphatic heterocycles. The molecule has 16 aliphatic rings. The maximum atomic E-state index is 13.9. The van der Waals surface area contributed by atoms with Crippen molar-refractivity contribution in [2.75, 3.05) is 0 Å². The third-order valence-electron chi connectivity index (χ3n) is 22.6. The van der Waals surface area contributed by atoms with Crippen LogP contribution in [0.25, 0.3) is 0 Å². The van der Waals surface area contributed by atoms with E-state index in [1.54, 1.807) is 0 Å². The van der Waals surface area contributed by atoms with Crippen molar-refractivity contribution in [2.24, 2.45) is 92.7 Å². The Balaban J connectivity index is 0.990. The van der Waals surface area contributed by atoms with Gasteiger partial charge >= 0.3 is 23.9 Å². The minimum Gasteiger partial charge on any atom is -0.462 e. The first-order valence-electron chi connectivity index (χ1n) is 27.5. The number of carbonyl (C=O) groups is 4. The zero-order valence-corrected chi connectivity index (χ0v) is 42.0. The fourth-order valence-electron chi connectivity index (χ4n) is 19.2. The van der Waals surface area contributed by atoms with Gasteiger partial charge in [-0.05, 0) is 209 Å². The second-order valence-electron chi connectivity index (χ2n) is 25.4. The summed E-state index contributed by atoms with van der Waals surface area (Å²) in [6.45, 7) is 22.6. The molecule has 16 rings (SSSR count). The maximum absolute atomic E-state index is 13.9.